The zero-order valence-corrected chi connectivity index (χ0v) is 20.8. The average Bonchev–Trinajstić information content (AvgIpc) is 3.40. The maximum Gasteiger partial charge on any atom is 0.332 e. The van der Waals surface area contributed by atoms with Gasteiger partial charge in [-0.25, -0.2) is 4.79 Å². The highest BCUT2D eigenvalue weighted by molar-refractivity contribution is 5.73. The molecule has 0 bridgehead atoms. The van der Waals surface area contributed by atoms with Crippen LogP contribution in [0.15, 0.2) is 47.1 Å². The van der Waals surface area contributed by atoms with Crippen LogP contribution in [0.3, 0.4) is 0 Å². The van der Waals surface area contributed by atoms with E-state index < -0.39 is 49.0 Å². The van der Waals surface area contributed by atoms with Crippen molar-refractivity contribution in [3.8, 4) is 5.75 Å². The predicted molar refractivity (Wildman–Crippen MR) is 126 cm³/mol. The maximum atomic E-state index is 12.2. The monoisotopic (exact) mass is 503 g/mol. The van der Waals surface area contributed by atoms with Gasteiger partial charge in [-0.3, -0.25) is 4.79 Å². The minimum atomic E-state index is -1.17. The van der Waals surface area contributed by atoms with Crippen LogP contribution in [0.25, 0.3) is 0 Å². The van der Waals surface area contributed by atoms with Gasteiger partial charge in [-0.05, 0) is 49.1 Å². The lowest BCUT2D eigenvalue weighted by Gasteiger charge is -2.49. The summed E-state index contributed by atoms with van der Waals surface area (Å²) in [4.78, 5) is 23.8. The van der Waals surface area contributed by atoms with E-state index in [4.69, 9.17) is 28.1 Å². The van der Waals surface area contributed by atoms with Gasteiger partial charge in [0.15, 0.2) is 11.9 Å². The topological polar surface area (TPSA) is 126 Å². The van der Waals surface area contributed by atoms with Gasteiger partial charge in [0.25, 0.3) is 0 Å². The summed E-state index contributed by atoms with van der Waals surface area (Å²) in [6.45, 7) is 7.18. The third-order valence-electron chi connectivity index (χ3n) is 6.51. The zero-order valence-electron chi connectivity index (χ0n) is 20.8. The summed E-state index contributed by atoms with van der Waals surface area (Å²) >= 11 is 0. The van der Waals surface area contributed by atoms with Crippen molar-refractivity contribution in [1.29, 1.82) is 0 Å². The van der Waals surface area contributed by atoms with E-state index in [0.717, 1.165) is 6.42 Å². The smallest absolute Gasteiger partial charge is 0.332 e. The number of ether oxygens (including phenoxy) is 5. The van der Waals surface area contributed by atoms with Gasteiger partial charge < -0.3 is 38.5 Å². The normalized spacial score (nSPS) is 29.6. The number of aliphatic carboxylic acids is 1. The van der Waals surface area contributed by atoms with Crippen LogP contribution in [0, 0.1) is 0 Å². The number of amides is 1. The molecule has 2 aromatic rings. The number of benzene rings is 1. The fraction of sp³-hybridized carbons (Fsp3) is 0.538. The summed E-state index contributed by atoms with van der Waals surface area (Å²) in [6, 6.07) is 10.2. The number of rotatable bonds is 9. The number of hydrogen-bond donors (Lipinski definition) is 2. The Morgan fingerprint density at radius 2 is 1.92 bits per heavy atom. The van der Waals surface area contributed by atoms with Crippen molar-refractivity contribution < 1.29 is 42.8 Å². The van der Waals surface area contributed by atoms with Gasteiger partial charge in [0.1, 0.15) is 30.1 Å². The second-order valence-electron chi connectivity index (χ2n) is 9.13. The van der Waals surface area contributed by atoms with E-state index in [2.05, 4.69) is 19.2 Å². The SMILES string of the molecule is CCC(C)c1ccc(OC2OC3COC(c4ccco4)OC3C(OC(C)C(=O)O)C2NC(C)=O)cc1. The van der Waals surface area contributed by atoms with Gasteiger partial charge in [-0.1, -0.05) is 26.0 Å². The summed E-state index contributed by atoms with van der Waals surface area (Å²) in [5.41, 5.74) is 1.18. The van der Waals surface area contributed by atoms with Crippen LogP contribution >= 0.6 is 0 Å². The van der Waals surface area contributed by atoms with Gasteiger partial charge in [-0.2, -0.15) is 0 Å². The second kappa shape index (κ2) is 11.4. The van der Waals surface area contributed by atoms with Gasteiger partial charge in [0.05, 0.1) is 12.9 Å². The van der Waals surface area contributed by atoms with E-state index >= 15 is 0 Å². The van der Waals surface area contributed by atoms with E-state index in [1.165, 1.54) is 25.7 Å². The summed E-state index contributed by atoms with van der Waals surface area (Å²) in [6.07, 6.45) is -2.79. The third kappa shape index (κ3) is 5.89. The molecule has 0 aliphatic carbocycles. The molecule has 1 aromatic carbocycles. The average molecular weight is 504 g/mol. The Balaban J connectivity index is 1.61. The standard InChI is InChI=1S/C26H33NO9/c1-5-14(2)17-8-10-18(11-9-17)34-26-21(27-16(4)28)23(33-15(3)24(29)30)22-20(35-26)13-32-25(36-22)19-7-6-12-31-19/h6-12,14-15,20-23,25-26H,5,13H2,1-4H3,(H,27,28)(H,29,30). The Morgan fingerprint density at radius 3 is 2.53 bits per heavy atom. The molecule has 3 heterocycles. The molecule has 8 atom stereocenters. The Bertz CT molecular complexity index is 1010. The van der Waals surface area contributed by atoms with Crippen molar-refractivity contribution >= 4 is 11.9 Å². The number of carboxylic acids is 1. The van der Waals surface area contributed by atoms with E-state index in [-0.39, 0.29) is 12.5 Å². The molecule has 8 unspecified atom stereocenters. The minimum absolute atomic E-state index is 0.122. The van der Waals surface area contributed by atoms with Crippen LogP contribution < -0.4 is 10.1 Å². The predicted octanol–water partition coefficient (Wildman–Crippen LogP) is 3.37. The first-order chi connectivity index (χ1) is 17.3. The molecule has 2 saturated heterocycles. The lowest BCUT2D eigenvalue weighted by atomic mass is 9.95. The highest BCUT2D eigenvalue weighted by atomic mass is 16.8. The van der Waals surface area contributed by atoms with Crippen molar-refractivity contribution in [1.82, 2.24) is 5.32 Å². The molecule has 2 fully saturated rings. The maximum absolute atomic E-state index is 12.2. The zero-order chi connectivity index (χ0) is 25.8. The molecule has 0 radical (unpaired) electrons. The van der Waals surface area contributed by atoms with Crippen molar-refractivity contribution in [2.75, 3.05) is 6.61 Å². The Labute approximate surface area is 209 Å². The molecule has 2 aliphatic heterocycles. The number of nitrogens with one attached hydrogen (secondary N) is 1. The quantitative estimate of drug-likeness (QED) is 0.530. The van der Waals surface area contributed by atoms with Crippen molar-refractivity contribution in [3.63, 3.8) is 0 Å². The molecule has 10 heteroatoms. The van der Waals surface area contributed by atoms with E-state index in [1.807, 2.05) is 24.3 Å². The van der Waals surface area contributed by atoms with Crippen LogP contribution in [0.4, 0.5) is 0 Å². The molecule has 1 amide bonds. The molecular weight excluding hydrogens is 470 g/mol. The summed E-state index contributed by atoms with van der Waals surface area (Å²) in [7, 11) is 0. The highest BCUT2D eigenvalue weighted by Crippen LogP contribution is 2.37. The molecule has 0 saturated carbocycles. The Hall–Kier alpha value is -2.92. The van der Waals surface area contributed by atoms with Crippen molar-refractivity contribution in [2.24, 2.45) is 0 Å². The van der Waals surface area contributed by atoms with Crippen molar-refractivity contribution in [3.05, 3.63) is 54.0 Å². The number of hydrogen-bond acceptors (Lipinski definition) is 8. The molecule has 1 aromatic heterocycles. The largest absolute Gasteiger partial charge is 0.479 e. The molecule has 36 heavy (non-hydrogen) atoms. The van der Waals surface area contributed by atoms with E-state index in [1.54, 1.807) is 12.1 Å². The summed E-state index contributed by atoms with van der Waals surface area (Å²) < 4.78 is 35.7. The van der Waals surface area contributed by atoms with Crippen LogP contribution in [0.5, 0.6) is 5.75 Å². The fourth-order valence-corrected chi connectivity index (χ4v) is 4.33. The first-order valence-corrected chi connectivity index (χ1v) is 12.1. The van der Waals surface area contributed by atoms with Crippen LogP contribution in [0.1, 0.15) is 57.6 Å². The number of carbonyl (C=O) groups excluding carboxylic acids is 1. The van der Waals surface area contributed by atoms with Gasteiger partial charge in [-0.15, -0.1) is 0 Å². The van der Waals surface area contributed by atoms with Gasteiger partial charge in [0, 0.05) is 6.92 Å². The molecule has 196 valence electrons. The minimum Gasteiger partial charge on any atom is -0.479 e. The summed E-state index contributed by atoms with van der Waals surface area (Å²) in [5, 5.41) is 12.3. The lowest BCUT2D eigenvalue weighted by molar-refractivity contribution is -0.343. The van der Waals surface area contributed by atoms with E-state index in [9.17, 15) is 14.7 Å². The van der Waals surface area contributed by atoms with Crippen LogP contribution in [0.2, 0.25) is 0 Å². The van der Waals surface area contributed by atoms with Gasteiger partial charge in [0.2, 0.25) is 18.5 Å². The molecule has 10 nitrogen and oxygen atoms in total. The second-order valence-corrected chi connectivity index (χ2v) is 9.13. The third-order valence-corrected chi connectivity index (χ3v) is 6.51. The first-order valence-electron chi connectivity index (χ1n) is 12.1. The van der Waals surface area contributed by atoms with Gasteiger partial charge >= 0.3 is 5.97 Å². The van der Waals surface area contributed by atoms with Crippen LogP contribution in [-0.2, 0) is 28.5 Å². The molecule has 4 rings (SSSR count). The number of fused-ring (bicyclic) bond motifs is 1. The Kier molecular flexibility index (Phi) is 8.30. The Morgan fingerprint density at radius 1 is 1.17 bits per heavy atom. The van der Waals surface area contributed by atoms with Crippen molar-refractivity contribution in [2.45, 2.75) is 83.1 Å². The molecule has 0 spiro atoms. The molecule has 2 aliphatic rings. The molecular formula is C26H33NO9. The fourth-order valence-electron chi connectivity index (χ4n) is 4.33. The number of carbonyl (C=O) groups is 2. The lowest BCUT2D eigenvalue weighted by Crippen LogP contribution is -2.68. The highest BCUT2D eigenvalue weighted by Gasteiger charge is 2.53. The summed E-state index contributed by atoms with van der Waals surface area (Å²) in [5.74, 6) is -0.0977. The van der Waals surface area contributed by atoms with E-state index in [0.29, 0.717) is 17.4 Å². The number of furan rings is 1. The number of carboxylic acid groups (broad SMARTS) is 1. The van der Waals surface area contributed by atoms with Crippen LogP contribution in [-0.4, -0.2) is 60.3 Å². The first kappa shape index (κ1) is 26.2. The molecule has 2 N–H and O–H groups in total.